The lowest BCUT2D eigenvalue weighted by atomic mass is 10.0. The Balaban J connectivity index is 2.02. The van der Waals surface area contributed by atoms with E-state index in [1.54, 1.807) is 37.5 Å². The molecule has 0 saturated carbocycles. The maximum Gasteiger partial charge on any atom is 0.411 e. The number of imidazole rings is 1. The first-order chi connectivity index (χ1) is 22.2. The van der Waals surface area contributed by atoms with Crippen molar-refractivity contribution >= 4 is 31.9 Å². The summed E-state index contributed by atoms with van der Waals surface area (Å²) in [5, 5.41) is 5.53. The topological polar surface area (TPSA) is 130 Å². The molecule has 0 fully saturated rings. The van der Waals surface area contributed by atoms with Gasteiger partial charge in [0.2, 0.25) is 0 Å². The summed E-state index contributed by atoms with van der Waals surface area (Å²) >= 11 is 0. The number of hydrogen-bond donors (Lipinski definition) is 2. The first kappa shape index (κ1) is 37.0. The van der Waals surface area contributed by atoms with Crippen LogP contribution in [0.15, 0.2) is 67.4 Å². The Morgan fingerprint density at radius 2 is 1.79 bits per heavy atom. The number of nitrogens with one attached hydrogen (secondary N) is 2. The van der Waals surface area contributed by atoms with Gasteiger partial charge in [0.05, 0.1) is 19.2 Å². The minimum Gasteiger partial charge on any atom is -0.461 e. The number of methoxy groups -OCH3 is 1. The lowest BCUT2D eigenvalue weighted by molar-refractivity contribution is -0.145. The first-order valence-corrected chi connectivity index (χ1v) is 19.3. The highest BCUT2D eigenvalue weighted by Crippen LogP contribution is 2.30. The number of hydrogen-bond acceptors (Lipinski definition) is 8. The van der Waals surface area contributed by atoms with E-state index in [9.17, 15) is 14.4 Å². The molecule has 0 saturated heterocycles. The van der Waals surface area contributed by atoms with Crippen molar-refractivity contribution in [1.29, 1.82) is 0 Å². The molecule has 12 heteroatoms. The van der Waals surface area contributed by atoms with E-state index in [-0.39, 0.29) is 19.8 Å². The van der Waals surface area contributed by atoms with Gasteiger partial charge in [0.25, 0.3) is 0 Å². The highest BCUT2D eigenvalue weighted by atomic mass is 28.3. The predicted octanol–water partition coefficient (Wildman–Crippen LogP) is 7.47. The Kier molecular flexibility index (Phi) is 13.3. The lowest BCUT2D eigenvalue weighted by Gasteiger charge is -2.24. The number of rotatable bonds is 15. The van der Waals surface area contributed by atoms with Gasteiger partial charge in [-0.2, -0.15) is 0 Å². The van der Waals surface area contributed by atoms with Crippen molar-refractivity contribution in [1.82, 2.24) is 14.9 Å². The summed E-state index contributed by atoms with van der Waals surface area (Å²) in [6, 6.07) is 14.9. The quantitative estimate of drug-likeness (QED) is 0.0563. The molecule has 2 aromatic carbocycles. The zero-order valence-electron chi connectivity index (χ0n) is 28.6. The number of alkyl carbamates (subject to hydrolysis) is 1. The average molecular weight is 665 g/mol. The van der Waals surface area contributed by atoms with E-state index in [0.717, 1.165) is 22.7 Å². The fourth-order valence-electron chi connectivity index (χ4n) is 4.52. The number of benzene rings is 2. The van der Waals surface area contributed by atoms with Crippen molar-refractivity contribution < 1.29 is 33.3 Å². The normalized spacial score (nSPS) is 12.1. The van der Waals surface area contributed by atoms with Crippen LogP contribution in [0.1, 0.15) is 50.2 Å². The van der Waals surface area contributed by atoms with Crippen LogP contribution >= 0.6 is 0 Å². The molecular weight excluding hydrogens is 616 g/mol. The lowest BCUT2D eigenvalue weighted by Crippen LogP contribution is -2.37. The fraction of sp³-hybridized carbons (Fsp3) is 0.429. The number of aromatic nitrogens is 2. The van der Waals surface area contributed by atoms with E-state index in [2.05, 4.69) is 36.9 Å². The highest BCUT2D eigenvalue weighted by Gasteiger charge is 2.28. The molecule has 3 aromatic rings. The monoisotopic (exact) mass is 664 g/mol. The highest BCUT2D eigenvalue weighted by molar-refractivity contribution is 6.76. The number of amides is 2. The third-order valence-corrected chi connectivity index (χ3v) is 8.53. The summed E-state index contributed by atoms with van der Waals surface area (Å²) in [5.74, 6) is -0.118. The van der Waals surface area contributed by atoms with Crippen LogP contribution in [0.4, 0.5) is 15.3 Å². The molecule has 0 aliphatic rings. The van der Waals surface area contributed by atoms with Gasteiger partial charge in [-0.05, 0) is 56.5 Å². The van der Waals surface area contributed by atoms with Crippen LogP contribution < -0.4 is 10.6 Å². The van der Waals surface area contributed by atoms with E-state index in [1.807, 2.05) is 48.7 Å². The summed E-state index contributed by atoms with van der Waals surface area (Å²) in [7, 11) is -0.0525. The molecule has 1 aromatic heterocycles. The molecule has 0 bridgehead atoms. The SMILES string of the molecule is C=CCc1cc(NC(=O)OC)ccc1-c1cn(COCC[Si](C)(C)C)c([C@H](CC(=O)OCc2ccccc2)NC(=O)OC(C)(C)C)n1. The van der Waals surface area contributed by atoms with Crippen molar-refractivity contribution in [2.24, 2.45) is 0 Å². The van der Waals surface area contributed by atoms with Gasteiger partial charge in [-0.3, -0.25) is 10.1 Å². The Morgan fingerprint density at radius 1 is 1.06 bits per heavy atom. The molecule has 0 unspecified atom stereocenters. The Bertz CT molecular complexity index is 1510. The predicted molar refractivity (Wildman–Crippen MR) is 185 cm³/mol. The van der Waals surface area contributed by atoms with Gasteiger partial charge in [0.1, 0.15) is 30.8 Å². The first-order valence-electron chi connectivity index (χ1n) is 15.6. The minimum atomic E-state index is -1.35. The Morgan fingerprint density at radius 3 is 2.43 bits per heavy atom. The molecule has 1 heterocycles. The smallest absolute Gasteiger partial charge is 0.411 e. The standard InChI is InChI=1S/C35H48N4O7Si/c1-9-13-26-20-27(36-33(41)43-5)16-17-28(26)30-22-39(24-44-18-19-47(6,7)8)32(37-30)29(38-34(42)46-35(2,3)4)21-31(40)45-23-25-14-11-10-12-15-25/h9-12,14-17,20,22,29H,1,13,18-19,21,23-24H2,2-8H3,(H,36,41)(H,38,42)/t29-/m0/s1. The van der Waals surface area contributed by atoms with Crippen molar-refractivity contribution in [3.63, 3.8) is 0 Å². The Hall–Kier alpha value is -4.42. The second-order valence-electron chi connectivity index (χ2n) is 13.3. The summed E-state index contributed by atoms with van der Waals surface area (Å²) in [6.45, 7) is 16.8. The number of allylic oxidation sites excluding steroid dienone is 1. The van der Waals surface area contributed by atoms with Crippen molar-refractivity contribution in [2.45, 2.75) is 84.3 Å². The van der Waals surface area contributed by atoms with Crippen molar-refractivity contribution in [2.75, 3.05) is 19.0 Å². The van der Waals surface area contributed by atoms with Crippen LogP contribution in [-0.2, 0) is 43.5 Å². The zero-order chi connectivity index (χ0) is 34.6. The molecule has 0 aliphatic heterocycles. The van der Waals surface area contributed by atoms with E-state index >= 15 is 0 Å². The largest absolute Gasteiger partial charge is 0.461 e. The van der Waals surface area contributed by atoms with Crippen LogP contribution in [0.2, 0.25) is 25.7 Å². The van der Waals surface area contributed by atoms with Gasteiger partial charge in [-0.15, -0.1) is 6.58 Å². The zero-order valence-corrected chi connectivity index (χ0v) is 29.6. The molecule has 2 N–H and O–H groups in total. The molecule has 2 amide bonds. The summed E-state index contributed by atoms with van der Waals surface area (Å²) < 4.78 is 23.8. The second-order valence-corrected chi connectivity index (χ2v) is 19.0. The molecule has 0 aliphatic carbocycles. The van der Waals surface area contributed by atoms with E-state index in [0.29, 0.717) is 30.2 Å². The molecule has 11 nitrogen and oxygen atoms in total. The molecule has 0 spiro atoms. The fourth-order valence-corrected chi connectivity index (χ4v) is 5.27. The van der Waals surface area contributed by atoms with E-state index < -0.39 is 37.9 Å². The van der Waals surface area contributed by atoms with Gasteiger partial charge >= 0.3 is 18.2 Å². The van der Waals surface area contributed by atoms with Crippen LogP contribution in [-0.4, -0.2) is 55.1 Å². The van der Waals surface area contributed by atoms with Crippen LogP contribution in [0.25, 0.3) is 11.3 Å². The number of carbonyl (C=O) groups excluding carboxylic acids is 3. The van der Waals surface area contributed by atoms with Crippen molar-refractivity contribution in [3.8, 4) is 11.3 Å². The average Bonchev–Trinajstić information content (AvgIpc) is 3.41. The maximum atomic E-state index is 13.2. The molecule has 0 radical (unpaired) electrons. The number of nitrogens with zero attached hydrogens (tertiary/aromatic N) is 2. The molecule has 3 rings (SSSR count). The third kappa shape index (κ3) is 12.7. The van der Waals surface area contributed by atoms with E-state index in [1.165, 1.54) is 7.11 Å². The minimum absolute atomic E-state index is 0.0925. The van der Waals surface area contributed by atoms with Crippen LogP contribution in [0.3, 0.4) is 0 Å². The van der Waals surface area contributed by atoms with Gasteiger partial charge in [-0.1, -0.05) is 62.1 Å². The number of anilines is 1. The van der Waals surface area contributed by atoms with E-state index in [4.69, 9.17) is 23.9 Å². The van der Waals surface area contributed by atoms with Crippen LogP contribution in [0, 0.1) is 0 Å². The maximum absolute atomic E-state index is 13.2. The second kappa shape index (κ2) is 16.9. The molecule has 47 heavy (non-hydrogen) atoms. The van der Waals surface area contributed by atoms with Crippen LogP contribution in [0.5, 0.6) is 0 Å². The third-order valence-electron chi connectivity index (χ3n) is 6.83. The molecule has 254 valence electrons. The number of carbonyl (C=O) groups is 3. The van der Waals surface area contributed by atoms with Crippen molar-refractivity contribution in [3.05, 3.63) is 84.3 Å². The van der Waals surface area contributed by atoms with Gasteiger partial charge < -0.3 is 28.8 Å². The molecule has 1 atom stereocenters. The Labute approximate surface area is 278 Å². The van der Waals surface area contributed by atoms with Gasteiger partial charge in [-0.25, -0.2) is 14.6 Å². The van der Waals surface area contributed by atoms with Gasteiger partial charge in [0, 0.05) is 32.1 Å². The molecular formula is C35H48N4O7Si. The number of esters is 1. The number of ether oxygens (including phenoxy) is 4. The van der Waals surface area contributed by atoms with Gasteiger partial charge in [0.15, 0.2) is 0 Å². The summed E-state index contributed by atoms with van der Waals surface area (Å²) in [6.07, 6.45) is 2.61. The summed E-state index contributed by atoms with van der Waals surface area (Å²) in [4.78, 5) is 43.0. The summed E-state index contributed by atoms with van der Waals surface area (Å²) in [5.41, 5.74) is 2.86.